The summed E-state index contributed by atoms with van der Waals surface area (Å²) in [5, 5.41) is 0. The van der Waals surface area contributed by atoms with Crippen molar-refractivity contribution < 1.29 is 0 Å². The van der Waals surface area contributed by atoms with Crippen molar-refractivity contribution in [3.05, 3.63) is 90.0 Å². The summed E-state index contributed by atoms with van der Waals surface area (Å²) >= 11 is 0. The molecule has 1 aromatic heterocycles. The number of aromatic nitrogens is 1. The standard InChI is InChI=1S/C21H23N3/c1-16(18-10-5-3-6-11-18)24(21-15-9-14-20(22)23-21)17(2)19-12-7-4-8-13-19/h3-17H,1-2H3,(H2,22,23)/t16-,17-/m0/s1. The normalized spacial score (nSPS) is 13.2. The van der Waals surface area contributed by atoms with Crippen LogP contribution in [0.4, 0.5) is 11.6 Å². The van der Waals surface area contributed by atoms with E-state index in [2.05, 4.69) is 72.3 Å². The fourth-order valence-corrected chi connectivity index (χ4v) is 3.10. The fraction of sp³-hybridized carbons (Fsp3) is 0.190. The van der Waals surface area contributed by atoms with Crippen LogP contribution in [0.1, 0.15) is 37.1 Å². The molecule has 0 aliphatic heterocycles. The SMILES string of the molecule is C[C@@H](c1ccccc1)N(c1cccc(N)n1)[C@@H](C)c1ccccc1. The van der Waals surface area contributed by atoms with Crippen molar-refractivity contribution >= 4 is 11.6 Å². The summed E-state index contributed by atoms with van der Waals surface area (Å²) in [6, 6.07) is 27.2. The first kappa shape index (κ1) is 16.1. The molecule has 3 aromatic rings. The quantitative estimate of drug-likeness (QED) is 0.720. The number of rotatable bonds is 5. The van der Waals surface area contributed by atoms with Gasteiger partial charge in [0.05, 0.1) is 12.1 Å². The third-order valence-corrected chi connectivity index (χ3v) is 4.42. The molecule has 0 saturated heterocycles. The van der Waals surface area contributed by atoms with Crippen molar-refractivity contribution in [1.82, 2.24) is 4.98 Å². The van der Waals surface area contributed by atoms with Crippen molar-refractivity contribution in [3.8, 4) is 0 Å². The predicted molar refractivity (Wildman–Crippen MR) is 101 cm³/mol. The van der Waals surface area contributed by atoms with Gasteiger partial charge < -0.3 is 10.6 Å². The van der Waals surface area contributed by atoms with Crippen molar-refractivity contribution in [2.24, 2.45) is 0 Å². The molecular weight excluding hydrogens is 294 g/mol. The Balaban J connectivity index is 2.04. The monoisotopic (exact) mass is 317 g/mol. The Morgan fingerprint density at radius 2 is 1.21 bits per heavy atom. The molecule has 0 spiro atoms. The number of pyridine rings is 1. The first-order chi connectivity index (χ1) is 11.7. The van der Waals surface area contributed by atoms with Gasteiger partial charge in [-0.1, -0.05) is 66.7 Å². The van der Waals surface area contributed by atoms with E-state index in [4.69, 9.17) is 5.73 Å². The molecule has 0 saturated carbocycles. The van der Waals surface area contributed by atoms with Gasteiger partial charge in [0.25, 0.3) is 0 Å². The molecule has 3 nitrogen and oxygen atoms in total. The van der Waals surface area contributed by atoms with Crippen molar-refractivity contribution in [2.75, 3.05) is 10.6 Å². The van der Waals surface area contributed by atoms with Crippen LogP contribution in [0.5, 0.6) is 0 Å². The number of nitrogens with two attached hydrogens (primary N) is 1. The van der Waals surface area contributed by atoms with E-state index in [1.54, 1.807) is 0 Å². The van der Waals surface area contributed by atoms with E-state index >= 15 is 0 Å². The van der Waals surface area contributed by atoms with Gasteiger partial charge in [-0.2, -0.15) is 0 Å². The van der Waals surface area contributed by atoms with Gasteiger partial charge in [-0.15, -0.1) is 0 Å². The summed E-state index contributed by atoms with van der Waals surface area (Å²) in [7, 11) is 0. The molecule has 0 radical (unpaired) electrons. The van der Waals surface area contributed by atoms with Crippen LogP contribution in [0.3, 0.4) is 0 Å². The summed E-state index contributed by atoms with van der Waals surface area (Å²) in [5.74, 6) is 1.43. The van der Waals surface area contributed by atoms with Crippen molar-refractivity contribution in [1.29, 1.82) is 0 Å². The van der Waals surface area contributed by atoms with Crippen LogP contribution >= 0.6 is 0 Å². The molecule has 0 fully saturated rings. The lowest BCUT2D eigenvalue weighted by Gasteiger charge is -2.36. The zero-order valence-corrected chi connectivity index (χ0v) is 14.1. The highest BCUT2D eigenvalue weighted by Gasteiger charge is 2.24. The lowest BCUT2D eigenvalue weighted by Crippen LogP contribution is -2.30. The maximum atomic E-state index is 5.94. The lowest BCUT2D eigenvalue weighted by molar-refractivity contribution is 0.579. The topological polar surface area (TPSA) is 42.1 Å². The van der Waals surface area contributed by atoms with Gasteiger partial charge in [0.1, 0.15) is 11.6 Å². The maximum absolute atomic E-state index is 5.94. The van der Waals surface area contributed by atoms with Crippen molar-refractivity contribution in [3.63, 3.8) is 0 Å². The smallest absolute Gasteiger partial charge is 0.131 e. The Labute approximate surface area is 143 Å². The second kappa shape index (κ2) is 7.18. The number of nitrogen functional groups attached to an aromatic ring is 1. The Kier molecular flexibility index (Phi) is 4.80. The Morgan fingerprint density at radius 3 is 1.67 bits per heavy atom. The van der Waals surface area contributed by atoms with Crippen LogP contribution in [0, 0.1) is 0 Å². The molecule has 0 unspecified atom stereocenters. The predicted octanol–water partition coefficient (Wildman–Crippen LogP) is 4.99. The van der Waals surface area contributed by atoms with Gasteiger partial charge in [-0.05, 0) is 37.1 Å². The highest BCUT2D eigenvalue weighted by Crippen LogP contribution is 2.34. The van der Waals surface area contributed by atoms with E-state index in [-0.39, 0.29) is 12.1 Å². The molecule has 24 heavy (non-hydrogen) atoms. The number of nitrogens with zero attached hydrogens (tertiary/aromatic N) is 2. The summed E-state index contributed by atoms with van der Waals surface area (Å²) in [6.45, 7) is 4.42. The summed E-state index contributed by atoms with van der Waals surface area (Å²) < 4.78 is 0. The molecule has 3 rings (SSSR count). The van der Waals surface area contributed by atoms with Gasteiger partial charge in [0, 0.05) is 0 Å². The molecule has 1 heterocycles. The first-order valence-corrected chi connectivity index (χ1v) is 8.27. The lowest BCUT2D eigenvalue weighted by atomic mass is 10.0. The highest BCUT2D eigenvalue weighted by atomic mass is 15.2. The van der Waals surface area contributed by atoms with Crippen LogP contribution in [0.25, 0.3) is 0 Å². The van der Waals surface area contributed by atoms with E-state index < -0.39 is 0 Å². The van der Waals surface area contributed by atoms with Crippen molar-refractivity contribution in [2.45, 2.75) is 25.9 Å². The van der Waals surface area contributed by atoms with Crippen LogP contribution < -0.4 is 10.6 Å². The van der Waals surface area contributed by atoms with Gasteiger partial charge in [0.2, 0.25) is 0 Å². The van der Waals surface area contributed by atoms with E-state index in [1.807, 2.05) is 30.3 Å². The van der Waals surface area contributed by atoms with Gasteiger partial charge in [-0.3, -0.25) is 0 Å². The van der Waals surface area contributed by atoms with E-state index in [9.17, 15) is 0 Å². The van der Waals surface area contributed by atoms with Gasteiger partial charge >= 0.3 is 0 Å². The third-order valence-electron chi connectivity index (χ3n) is 4.42. The minimum absolute atomic E-state index is 0.177. The molecule has 2 atom stereocenters. The average molecular weight is 317 g/mol. The molecule has 2 aromatic carbocycles. The number of hydrogen-bond donors (Lipinski definition) is 1. The van der Waals surface area contributed by atoms with Crippen LogP contribution in [-0.4, -0.2) is 4.98 Å². The summed E-state index contributed by atoms with van der Waals surface area (Å²) in [4.78, 5) is 6.89. The molecule has 2 N–H and O–H groups in total. The molecule has 0 aliphatic rings. The van der Waals surface area contributed by atoms with Gasteiger partial charge in [0.15, 0.2) is 0 Å². The van der Waals surface area contributed by atoms with E-state index in [1.165, 1.54) is 11.1 Å². The molecule has 0 amide bonds. The van der Waals surface area contributed by atoms with Crippen LogP contribution in [0.15, 0.2) is 78.9 Å². The number of anilines is 2. The highest BCUT2D eigenvalue weighted by molar-refractivity contribution is 5.49. The zero-order valence-electron chi connectivity index (χ0n) is 14.1. The average Bonchev–Trinajstić information content (AvgIpc) is 2.63. The molecular formula is C21H23N3. The number of hydrogen-bond acceptors (Lipinski definition) is 3. The first-order valence-electron chi connectivity index (χ1n) is 8.27. The van der Waals surface area contributed by atoms with E-state index in [0.29, 0.717) is 5.82 Å². The largest absolute Gasteiger partial charge is 0.384 e. The molecule has 122 valence electrons. The molecule has 3 heteroatoms. The maximum Gasteiger partial charge on any atom is 0.131 e. The summed E-state index contributed by atoms with van der Waals surface area (Å²) in [5.41, 5.74) is 8.44. The number of benzene rings is 2. The fourth-order valence-electron chi connectivity index (χ4n) is 3.10. The van der Waals surface area contributed by atoms with Gasteiger partial charge in [-0.25, -0.2) is 4.98 Å². The van der Waals surface area contributed by atoms with E-state index in [0.717, 1.165) is 5.82 Å². The minimum atomic E-state index is 0.177. The summed E-state index contributed by atoms with van der Waals surface area (Å²) in [6.07, 6.45) is 0. The molecule has 0 bridgehead atoms. The van der Waals surface area contributed by atoms with Crippen LogP contribution in [-0.2, 0) is 0 Å². The Morgan fingerprint density at radius 1 is 0.708 bits per heavy atom. The Hall–Kier alpha value is -2.81. The second-order valence-electron chi connectivity index (χ2n) is 6.00. The third kappa shape index (κ3) is 3.40. The second-order valence-corrected chi connectivity index (χ2v) is 6.00. The Bertz CT molecular complexity index is 726. The zero-order chi connectivity index (χ0) is 16.9. The molecule has 0 aliphatic carbocycles. The van der Waals surface area contributed by atoms with Crippen LogP contribution in [0.2, 0.25) is 0 Å². The minimum Gasteiger partial charge on any atom is -0.384 e.